The van der Waals surface area contributed by atoms with Crippen molar-refractivity contribution in [3.05, 3.63) is 68.9 Å². The van der Waals surface area contributed by atoms with Crippen LogP contribution in [-0.2, 0) is 30.7 Å². The van der Waals surface area contributed by atoms with Gasteiger partial charge in [-0.2, -0.15) is 0 Å². The Kier molecular flexibility index (Phi) is 7.88. The van der Waals surface area contributed by atoms with E-state index < -0.39 is 15.8 Å². The highest BCUT2D eigenvalue weighted by atomic mass is 32.2. The fourth-order valence-electron chi connectivity index (χ4n) is 6.93. The molecule has 7 rings (SSSR count). The van der Waals surface area contributed by atoms with Crippen molar-refractivity contribution in [2.24, 2.45) is 0 Å². The third-order valence-electron chi connectivity index (χ3n) is 9.06. The Morgan fingerprint density at radius 1 is 1.11 bits per heavy atom. The van der Waals surface area contributed by atoms with Gasteiger partial charge >= 0.3 is 5.97 Å². The minimum absolute atomic E-state index is 0.177. The van der Waals surface area contributed by atoms with E-state index in [1.807, 2.05) is 12.1 Å². The van der Waals surface area contributed by atoms with Crippen LogP contribution < -0.4 is 15.0 Å². The average molecular weight is 637 g/mol. The summed E-state index contributed by atoms with van der Waals surface area (Å²) in [7, 11) is -3.41. The quantitative estimate of drug-likeness (QED) is 0.379. The summed E-state index contributed by atoms with van der Waals surface area (Å²) >= 11 is 1.33. The van der Waals surface area contributed by atoms with Gasteiger partial charge in [-0.1, -0.05) is 37.1 Å². The van der Waals surface area contributed by atoms with Crippen LogP contribution in [-0.4, -0.2) is 63.1 Å². The van der Waals surface area contributed by atoms with E-state index in [1.165, 1.54) is 42.8 Å². The fourth-order valence-corrected chi connectivity index (χ4v) is 8.68. The van der Waals surface area contributed by atoms with Gasteiger partial charge in [0.05, 0.1) is 33.9 Å². The predicted octanol–water partition coefficient (Wildman–Crippen LogP) is 5.11. The number of fused-ring (bicyclic) bond motifs is 4. The van der Waals surface area contributed by atoms with Crippen molar-refractivity contribution >= 4 is 49.9 Å². The molecule has 9 nitrogen and oxygen atoms in total. The first-order chi connectivity index (χ1) is 21.3. The van der Waals surface area contributed by atoms with Gasteiger partial charge in [0.2, 0.25) is 0 Å². The van der Waals surface area contributed by atoms with Crippen LogP contribution in [0.5, 0.6) is 5.88 Å². The van der Waals surface area contributed by atoms with Crippen LogP contribution >= 0.6 is 11.8 Å². The molecule has 5 heterocycles. The van der Waals surface area contributed by atoms with Gasteiger partial charge < -0.3 is 24.2 Å². The number of hydrogen-bond acceptors (Lipinski definition) is 8. The van der Waals surface area contributed by atoms with Crippen LogP contribution in [0.4, 0.5) is 5.69 Å². The summed E-state index contributed by atoms with van der Waals surface area (Å²) in [6.45, 7) is 3.25. The molecule has 0 amide bonds. The van der Waals surface area contributed by atoms with Crippen molar-refractivity contribution in [1.82, 2.24) is 4.40 Å². The van der Waals surface area contributed by atoms with Gasteiger partial charge in [-0.05, 0) is 60.6 Å². The van der Waals surface area contributed by atoms with E-state index in [2.05, 4.69) is 15.4 Å². The molecule has 1 saturated carbocycles. The third kappa shape index (κ3) is 5.39. The van der Waals surface area contributed by atoms with Crippen LogP contribution in [0.25, 0.3) is 16.7 Å². The van der Waals surface area contributed by atoms with E-state index in [1.54, 1.807) is 24.5 Å². The number of allylic oxidation sites excluding steroid dienone is 1. The molecule has 0 atom stereocenters. The lowest BCUT2D eigenvalue weighted by Crippen LogP contribution is -2.37. The van der Waals surface area contributed by atoms with Crippen molar-refractivity contribution in [2.75, 3.05) is 44.1 Å². The Bertz CT molecular complexity index is 1850. The third-order valence-corrected chi connectivity index (χ3v) is 11.4. The van der Waals surface area contributed by atoms with Crippen LogP contribution in [0.2, 0.25) is 0 Å². The van der Waals surface area contributed by atoms with Crippen molar-refractivity contribution in [1.29, 1.82) is 0 Å². The molecule has 232 valence electrons. The van der Waals surface area contributed by atoms with E-state index >= 15 is 0 Å². The monoisotopic (exact) mass is 636 g/mol. The maximum absolute atomic E-state index is 12.5. The Morgan fingerprint density at radius 3 is 2.66 bits per heavy atom. The summed E-state index contributed by atoms with van der Waals surface area (Å²) in [5, 5.41) is 10.7. The lowest BCUT2D eigenvalue weighted by Gasteiger charge is -2.30. The molecule has 3 aliphatic heterocycles. The summed E-state index contributed by atoms with van der Waals surface area (Å²) in [6, 6.07) is 9.31. The molecule has 1 aromatic carbocycles. The maximum atomic E-state index is 12.5. The van der Waals surface area contributed by atoms with Gasteiger partial charge in [0.25, 0.3) is 0 Å². The SMILES string of the molecule is CS(=O)(=O)c1ccc(N2CCOCC2)c(COc2ccc3c(C4CCCCC4)c4c(n23)=COCC2=C4SC(C(=O)O)=CC2)c1. The molecule has 1 saturated heterocycles. The van der Waals surface area contributed by atoms with E-state index in [9.17, 15) is 18.3 Å². The number of sulfone groups is 1. The summed E-state index contributed by atoms with van der Waals surface area (Å²) < 4.78 is 45.2. The molecule has 0 unspecified atom stereocenters. The van der Waals surface area contributed by atoms with Crippen molar-refractivity contribution in [2.45, 2.75) is 55.9 Å². The molecular weight excluding hydrogens is 601 g/mol. The standard InChI is InChI=1S/C33H36N2O7S2/c1-44(38,39)24-8-9-25(34-13-15-40-16-14-34)23(17-24)19-42-29-12-10-26-30(21-5-3-2-4-6-21)31-27(35(26)29)20-41-18-22-7-11-28(33(36)37)43-32(22)31/h8-12,17,20-21H,2-7,13-16,18-19H2,1H3,(H,36,37). The lowest BCUT2D eigenvalue weighted by molar-refractivity contribution is -0.131. The number of morpholine rings is 1. The Balaban J connectivity index is 1.32. The molecule has 1 aliphatic carbocycles. The molecule has 11 heteroatoms. The highest BCUT2D eigenvalue weighted by Gasteiger charge is 2.32. The molecule has 2 fully saturated rings. The number of carbonyl (C=O) groups is 1. The molecule has 1 N–H and O–H groups in total. The number of carboxylic acids is 1. The molecule has 3 aromatic rings. The van der Waals surface area contributed by atoms with Gasteiger partial charge in [-0.15, -0.1) is 0 Å². The number of anilines is 1. The number of benzene rings is 1. The largest absolute Gasteiger partial charge is 0.495 e. The second-order valence-electron chi connectivity index (χ2n) is 11.9. The molecule has 0 radical (unpaired) electrons. The molecule has 2 aromatic heterocycles. The Morgan fingerprint density at radius 2 is 1.91 bits per heavy atom. The second kappa shape index (κ2) is 11.8. The number of rotatable bonds is 7. The molecule has 44 heavy (non-hydrogen) atoms. The van der Waals surface area contributed by atoms with Crippen molar-refractivity contribution in [3.63, 3.8) is 0 Å². The first kappa shape index (κ1) is 29.3. The van der Waals surface area contributed by atoms with Crippen LogP contribution in [0, 0.1) is 0 Å². The zero-order valence-electron chi connectivity index (χ0n) is 24.7. The number of carboxylic acid groups (broad SMARTS) is 1. The number of ether oxygens (including phenoxy) is 3. The Hall–Kier alpha value is -3.41. The van der Waals surface area contributed by atoms with Crippen LogP contribution in [0.15, 0.2) is 51.8 Å². The minimum atomic E-state index is -3.41. The second-order valence-corrected chi connectivity index (χ2v) is 15.0. The maximum Gasteiger partial charge on any atom is 0.342 e. The predicted molar refractivity (Wildman–Crippen MR) is 171 cm³/mol. The van der Waals surface area contributed by atoms with Crippen LogP contribution in [0.1, 0.15) is 61.1 Å². The topological polar surface area (TPSA) is 107 Å². The molecule has 0 spiro atoms. The summed E-state index contributed by atoms with van der Waals surface area (Å²) in [5.74, 6) is 0.0814. The van der Waals surface area contributed by atoms with E-state index in [0.29, 0.717) is 42.9 Å². The lowest BCUT2D eigenvalue weighted by atomic mass is 9.82. The summed E-state index contributed by atoms with van der Waals surface area (Å²) in [5.41, 5.74) is 6.19. The van der Waals surface area contributed by atoms with Crippen molar-refractivity contribution < 1.29 is 32.5 Å². The average Bonchev–Trinajstić information content (AvgIpc) is 3.52. The summed E-state index contributed by atoms with van der Waals surface area (Å²) in [6.07, 6.45) is 11.1. The van der Waals surface area contributed by atoms with E-state index in [4.69, 9.17) is 14.2 Å². The zero-order chi connectivity index (χ0) is 30.4. The summed E-state index contributed by atoms with van der Waals surface area (Å²) in [4.78, 5) is 15.8. The number of aliphatic carboxylic acids is 1. The number of aromatic nitrogens is 1. The molecule has 0 bridgehead atoms. The Labute approximate surface area is 261 Å². The highest BCUT2D eigenvalue weighted by molar-refractivity contribution is 8.12. The first-order valence-electron chi connectivity index (χ1n) is 15.2. The van der Waals surface area contributed by atoms with Gasteiger partial charge in [-0.3, -0.25) is 4.40 Å². The number of hydrogen-bond donors (Lipinski definition) is 1. The molecular formula is C33H36N2O7S2. The van der Waals surface area contributed by atoms with Gasteiger partial charge in [0.1, 0.15) is 19.5 Å². The molecule has 4 aliphatic rings. The van der Waals surface area contributed by atoms with Crippen LogP contribution in [0.3, 0.4) is 0 Å². The number of thioether (sulfide) groups is 1. The smallest absolute Gasteiger partial charge is 0.342 e. The number of nitrogens with zero attached hydrogens (tertiary/aromatic N) is 2. The minimum Gasteiger partial charge on any atom is -0.495 e. The van der Waals surface area contributed by atoms with E-state index in [-0.39, 0.29) is 11.5 Å². The van der Waals surface area contributed by atoms with Gasteiger partial charge in [0.15, 0.2) is 15.7 Å². The highest BCUT2D eigenvalue weighted by Crippen LogP contribution is 2.47. The van der Waals surface area contributed by atoms with E-state index in [0.717, 1.165) is 64.1 Å². The zero-order valence-corrected chi connectivity index (χ0v) is 26.3. The van der Waals surface area contributed by atoms with Crippen molar-refractivity contribution in [3.8, 4) is 5.88 Å². The first-order valence-corrected chi connectivity index (χ1v) is 17.9. The van der Waals surface area contributed by atoms with Gasteiger partial charge in [0, 0.05) is 47.1 Å². The van der Waals surface area contributed by atoms with Gasteiger partial charge in [-0.25, -0.2) is 13.2 Å². The fraction of sp³-hybridized carbons (Fsp3) is 0.424. The normalized spacial score (nSPS) is 19.5.